The molecule has 0 aliphatic carbocycles. The fraction of sp³-hybridized carbons (Fsp3) is 0.750. The molecule has 0 unspecified atom stereocenters. The molecule has 0 aromatic heterocycles. The molecule has 8 heavy (non-hydrogen) atoms. The summed E-state index contributed by atoms with van der Waals surface area (Å²) in [7, 11) is 0. The Morgan fingerprint density at radius 2 is 2.12 bits per heavy atom. The fourth-order valence-corrected chi connectivity index (χ4v) is 0.246. The van der Waals surface area contributed by atoms with E-state index in [-0.39, 0.29) is 57.8 Å². The molecule has 3 nitrogen and oxygen atoms in total. The van der Waals surface area contributed by atoms with Gasteiger partial charge in [0.25, 0.3) is 0 Å². The van der Waals surface area contributed by atoms with E-state index >= 15 is 0 Å². The minimum Gasteiger partial charge on any atom is -0.550 e. The van der Waals surface area contributed by atoms with Crippen LogP contribution in [-0.4, -0.2) is 12.5 Å². The van der Waals surface area contributed by atoms with Gasteiger partial charge in [0.05, 0.1) is 0 Å². The van der Waals surface area contributed by atoms with E-state index in [0.29, 0.717) is 13.0 Å². The smallest absolute Gasteiger partial charge is 0.550 e. The zero-order chi connectivity index (χ0) is 5.70. The molecule has 0 spiro atoms. The number of carbonyl (C=O) groups is 1. The van der Waals surface area contributed by atoms with Gasteiger partial charge in [-0.05, 0) is 19.4 Å². The average molecular weight is 141 g/mol. The summed E-state index contributed by atoms with van der Waals surface area (Å²) in [5.41, 5.74) is 4.99. The van der Waals surface area contributed by atoms with E-state index in [0.717, 1.165) is 0 Å². The summed E-state index contributed by atoms with van der Waals surface area (Å²) in [4.78, 5) is 9.59. The first kappa shape index (κ1) is 11.8. The molecule has 0 aromatic rings. The molecule has 0 aliphatic heterocycles. The van der Waals surface area contributed by atoms with Gasteiger partial charge in [0.15, 0.2) is 0 Å². The molecule has 2 N–H and O–H groups in total. The second-order valence-electron chi connectivity index (χ2n) is 1.26. The topological polar surface area (TPSA) is 66.2 Å². The Balaban J connectivity index is 0. The molecular formula is C4H8KNO2. The molecule has 0 rings (SSSR count). The zero-order valence-corrected chi connectivity index (χ0v) is 8.14. The predicted octanol–water partition coefficient (Wildman–Crippen LogP) is -4.52. The van der Waals surface area contributed by atoms with Crippen LogP contribution in [0.2, 0.25) is 0 Å². The van der Waals surface area contributed by atoms with E-state index in [4.69, 9.17) is 5.73 Å². The normalized spacial score (nSPS) is 7.62. The quantitative estimate of drug-likeness (QED) is 0.403. The molecule has 42 valence electrons. The van der Waals surface area contributed by atoms with E-state index in [1.54, 1.807) is 0 Å². The zero-order valence-electron chi connectivity index (χ0n) is 5.02. The van der Waals surface area contributed by atoms with Crippen molar-refractivity contribution in [2.75, 3.05) is 6.54 Å². The largest absolute Gasteiger partial charge is 1.00 e. The molecule has 0 bridgehead atoms. The van der Waals surface area contributed by atoms with Crippen molar-refractivity contribution in [3.63, 3.8) is 0 Å². The number of nitrogens with two attached hydrogens (primary N) is 1. The molecule has 0 fully saturated rings. The van der Waals surface area contributed by atoms with Crippen molar-refractivity contribution in [3.8, 4) is 0 Å². The third-order valence-corrected chi connectivity index (χ3v) is 0.585. The number of aliphatic carboxylic acids is 1. The molecule has 4 heteroatoms. The van der Waals surface area contributed by atoms with Gasteiger partial charge < -0.3 is 15.6 Å². The summed E-state index contributed by atoms with van der Waals surface area (Å²) in [6.07, 6.45) is 0.596. The van der Waals surface area contributed by atoms with Crippen LogP contribution in [0.5, 0.6) is 0 Å². The molecule has 0 heterocycles. The van der Waals surface area contributed by atoms with Crippen LogP contribution in [0.25, 0.3) is 0 Å². The Morgan fingerprint density at radius 3 is 2.25 bits per heavy atom. The number of carbonyl (C=O) groups excluding carboxylic acids is 1. The van der Waals surface area contributed by atoms with Crippen LogP contribution in [0, 0.1) is 0 Å². The summed E-state index contributed by atoms with van der Waals surface area (Å²) in [5.74, 6) is -1.02. The van der Waals surface area contributed by atoms with Crippen LogP contribution in [0.15, 0.2) is 0 Å². The van der Waals surface area contributed by atoms with E-state index in [9.17, 15) is 9.90 Å². The molecule has 0 saturated carbocycles. The van der Waals surface area contributed by atoms with Crippen molar-refractivity contribution in [1.82, 2.24) is 0 Å². The van der Waals surface area contributed by atoms with Gasteiger partial charge in [-0.2, -0.15) is 0 Å². The second kappa shape index (κ2) is 8.07. The van der Waals surface area contributed by atoms with Gasteiger partial charge in [-0.25, -0.2) is 0 Å². The fourth-order valence-electron chi connectivity index (χ4n) is 0.246. The van der Waals surface area contributed by atoms with E-state index in [1.165, 1.54) is 0 Å². The van der Waals surface area contributed by atoms with Gasteiger partial charge in [0.2, 0.25) is 0 Å². The Labute approximate surface area is 91.1 Å². The minimum atomic E-state index is -1.02. The monoisotopic (exact) mass is 141 g/mol. The molecular weight excluding hydrogens is 133 g/mol. The van der Waals surface area contributed by atoms with E-state index in [2.05, 4.69) is 0 Å². The van der Waals surface area contributed by atoms with Gasteiger partial charge in [-0.15, -0.1) is 0 Å². The van der Waals surface area contributed by atoms with E-state index in [1.807, 2.05) is 0 Å². The first-order valence-electron chi connectivity index (χ1n) is 2.17. The Hall–Kier alpha value is 1.07. The summed E-state index contributed by atoms with van der Waals surface area (Å²) in [6, 6.07) is 0. The maximum atomic E-state index is 9.59. The van der Waals surface area contributed by atoms with Crippen LogP contribution in [0.1, 0.15) is 12.8 Å². The van der Waals surface area contributed by atoms with Crippen molar-refractivity contribution < 1.29 is 61.3 Å². The number of carboxylic acids is 1. The van der Waals surface area contributed by atoms with Crippen molar-refractivity contribution in [1.29, 1.82) is 0 Å². The standard InChI is InChI=1S/C4H9NO2.K/c5-3-1-2-4(6)7;/h1-3,5H2,(H,6,7);/q;+1/p-1. The molecule has 0 aromatic carbocycles. The maximum absolute atomic E-state index is 9.59. The Bertz CT molecular complexity index is 67.1. The minimum absolute atomic E-state index is 0. The van der Waals surface area contributed by atoms with Gasteiger partial charge in [-0.1, -0.05) is 0 Å². The third-order valence-electron chi connectivity index (χ3n) is 0.585. The van der Waals surface area contributed by atoms with Gasteiger partial charge in [-0.3, -0.25) is 0 Å². The maximum Gasteiger partial charge on any atom is 1.00 e. The van der Waals surface area contributed by atoms with Crippen LogP contribution < -0.4 is 62.2 Å². The molecule has 0 aliphatic rings. The first-order valence-corrected chi connectivity index (χ1v) is 2.17. The van der Waals surface area contributed by atoms with Gasteiger partial charge >= 0.3 is 51.4 Å². The van der Waals surface area contributed by atoms with Crippen LogP contribution in [0.4, 0.5) is 0 Å². The third kappa shape index (κ3) is 10.1. The van der Waals surface area contributed by atoms with Crippen molar-refractivity contribution >= 4 is 5.97 Å². The number of hydrogen-bond acceptors (Lipinski definition) is 3. The second-order valence-corrected chi connectivity index (χ2v) is 1.26. The Morgan fingerprint density at radius 1 is 1.62 bits per heavy atom. The first-order chi connectivity index (χ1) is 3.27. The van der Waals surface area contributed by atoms with E-state index < -0.39 is 5.97 Å². The molecule has 0 atom stereocenters. The number of hydrogen-bond donors (Lipinski definition) is 1. The van der Waals surface area contributed by atoms with Crippen LogP contribution >= 0.6 is 0 Å². The number of carboxylic acid groups (broad SMARTS) is 1. The van der Waals surface area contributed by atoms with Crippen molar-refractivity contribution in [3.05, 3.63) is 0 Å². The number of rotatable bonds is 3. The van der Waals surface area contributed by atoms with Crippen LogP contribution in [-0.2, 0) is 4.79 Å². The van der Waals surface area contributed by atoms with Gasteiger partial charge in [0, 0.05) is 5.97 Å². The molecule has 0 saturated heterocycles. The van der Waals surface area contributed by atoms with Gasteiger partial charge in [0.1, 0.15) is 0 Å². The summed E-state index contributed by atoms with van der Waals surface area (Å²) in [5, 5.41) is 9.59. The predicted molar refractivity (Wildman–Crippen MR) is 23.3 cm³/mol. The summed E-state index contributed by atoms with van der Waals surface area (Å²) < 4.78 is 0. The SMILES string of the molecule is NCCCC(=O)[O-].[K+]. The average Bonchev–Trinajstić information content (AvgIpc) is 1.61. The molecule has 0 amide bonds. The molecule has 0 radical (unpaired) electrons. The van der Waals surface area contributed by atoms with Crippen LogP contribution in [0.3, 0.4) is 0 Å². The summed E-state index contributed by atoms with van der Waals surface area (Å²) >= 11 is 0. The Kier molecular flexibility index (Phi) is 11.9. The van der Waals surface area contributed by atoms with Crippen molar-refractivity contribution in [2.24, 2.45) is 5.73 Å². The summed E-state index contributed by atoms with van der Waals surface area (Å²) in [6.45, 7) is 0.425. The van der Waals surface area contributed by atoms with Crippen molar-refractivity contribution in [2.45, 2.75) is 12.8 Å².